The van der Waals surface area contributed by atoms with Crippen LogP contribution in [0.4, 0.5) is 0 Å². The second-order valence-electron chi connectivity index (χ2n) is 5.59. The number of benzene rings is 2. The zero-order valence-corrected chi connectivity index (χ0v) is 14.8. The van der Waals surface area contributed by atoms with Crippen LogP contribution in [0, 0.1) is 0 Å². The number of aldehydes is 1. The first kappa shape index (κ1) is 19.5. The fourth-order valence-corrected chi connectivity index (χ4v) is 2.39. The highest BCUT2D eigenvalue weighted by atomic mass is 16.5. The van der Waals surface area contributed by atoms with Gasteiger partial charge in [0.05, 0.1) is 13.7 Å². The zero-order chi connectivity index (χ0) is 18.9. The van der Waals surface area contributed by atoms with Gasteiger partial charge in [0, 0.05) is 12.0 Å². The molecule has 1 atom stereocenters. The predicted molar refractivity (Wildman–Crippen MR) is 95.5 cm³/mol. The first-order valence-electron chi connectivity index (χ1n) is 8.26. The fraction of sp³-hybridized carbons (Fsp3) is 0.300. The second-order valence-corrected chi connectivity index (χ2v) is 5.59. The van der Waals surface area contributed by atoms with Gasteiger partial charge in [0.2, 0.25) is 0 Å². The van der Waals surface area contributed by atoms with Crippen molar-refractivity contribution in [2.75, 3.05) is 13.7 Å². The van der Waals surface area contributed by atoms with Crippen molar-refractivity contribution >= 4 is 12.3 Å². The van der Waals surface area contributed by atoms with Crippen LogP contribution in [0.25, 0.3) is 0 Å². The number of carbonyl (C=O) groups excluding carboxylic acids is 2. The molecular weight excluding hydrogens is 336 g/mol. The van der Waals surface area contributed by atoms with E-state index in [-0.39, 0.29) is 13.0 Å². The maximum Gasteiger partial charge on any atom is 0.335 e. The number of rotatable bonds is 9. The van der Waals surface area contributed by atoms with Crippen LogP contribution in [0.5, 0.6) is 11.5 Å². The van der Waals surface area contributed by atoms with Crippen LogP contribution in [0.3, 0.4) is 0 Å². The van der Waals surface area contributed by atoms with Gasteiger partial charge in [0.1, 0.15) is 24.4 Å². The number of aliphatic hydroxyl groups is 1. The van der Waals surface area contributed by atoms with Gasteiger partial charge in [-0.2, -0.15) is 0 Å². The minimum absolute atomic E-state index is 0.00153. The number of hydrogen-bond donors (Lipinski definition) is 1. The Kier molecular flexibility index (Phi) is 7.17. The van der Waals surface area contributed by atoms with Crippen molar-refractivity contribution in [2.45, 2.75) is 26.1 Å². The van der Waals surface area contributed by atoms with Crippen molar-refractivity contribution in [3.63, 3.8) is 0 Å². The summed E-state index contributed by atoms with van der Waals surface area (Å²) < 4.78 is 15.7. The molecule has 1 N–H and O–H groups in total. The van der Waals surface area contributed by atoms with Crippen LogP contribution in [0.1, 0.15) is 28.4 Å². The molecule has 0 aromatic heterocycles. The Hall–Kier alpha value is -2.86. The zero-order valence-electron chi connectivity index (χ0n) is 14.8. The minimum Gasteiger partial charge on any atom is -0.497 e. The number of aliphatic hydroxyl groups excluding tert-OH is 1. The average molecular weight is 358 g/mol. The molecule has 0 fully saturated rings. The summed E-state index contributed by atoms with van der Waals surface area (Å²) in [4.78, 5) is 22.7. The Morgan fingerprint density at radius 3 is 2.54 bits per heavy atom. The van der Waals surface area contributed by atoms with Gasteiger partial charge in [-0.1, -0.05) is 12.1 Å². The standard InChI is InChI=1S/C20H22O6/c1-3-25-20(23)18(22)11-16-10-15(12-21)6-9-19(16)26-13-14-4-7-17(24-2)8-5-14/h4-10,12,18,22H,3,11,13H2,1-2H3. The summed E-state index contributed by atoms with van der Waals surface area (Å²) in [5, 5.41) is 10.0. The molecule has 6 nitrogen and oxygen atoms in total. The van der Waals surface area contributed by atoms with E-state index in [9.17, 15) is 14.7 Å². The third-order valence-electron chi connectivity index (χ3n) is 3.75. The molecule has 2 rings (SSSR count). The van der Waals surface area contributed by atoms with Crippen molar-refractivity contribution in [1.29, 1.82) is 0 Å². The molecule has 0 amide bonds. The average Bonchev–Trinajstić information content (AvgIpc) is 2.67. The summed E-state index contributed by atoms with van der Waals surface area (Å²) in [6.07, 6.45) is -0.619. The molecule has 0 saturated heterocycles. The van der Waals surface area contributed by atoms with E-state index >= 15 is 0 Å². The van der Waals surface area contributed by atoms with Gasteiger partial charge in [0.25, 0.3) is 0 Å². The van der Waals surface area contributed by atoms with E-state index in [1.807, 2.05) is 24.3 Å². The molecule has 1 unspecified atom stereocenters. The van der Waals surface area contributed by atoms with Crippen LogP contribution in [0.2, 0.25) is 0 Å². The van der Waals surface area contributed by atoms with Gasteiger partial charge in [-0.3, -0.25) is 4.79 Å². The monoisotopic (exact) mass is 358 g/mol. The molecule has 0 aliphatic carbocycles. The van der Waals surface area contributed by atoms with Crippen molar-refractivity contribution in [3.05, 3.63) is 59.2 Å². The Labute approximate surface area is 152 Å². The van der Waals surface area contributed by atoms with Crippen molar-refractivity contribution in [3.8, 4) is 11.5 Å². The van der Waals surface area contributed by atoms with Crippen LogP contribution >= 0.6 is 0 Å². The van der Waals surface area contributed by atoms with E-state index in [2.05, 4.69) is 0 Å². The quantitative estimate of drug-likeness (QED) is 0.548. The lowest BCUT2D eigenvalue weighted by molar-refractivity contribution is -0.152. The number of esters is 1. The molecule has 26 heavy (non-hydrogen) atoms. The maximum absolute atomic E-state index is 11.7. The van der Waals surface area contributed by atoms with Crippen LogP contribution in [0.15, 0.2) is 42.5 Å². The number of methoxy groups -OCH3 is 1. The van der Waals surface area contributed by atoms with Crippen molar-refractivity contribution < 1.29 is 28.9 Å². The topological polar surface area (TPSA) is 82.1 Å². The molecule has 0 aliphatic rings. The van der Waals surface area contributed by atoms with Crippen molar-refractivity contribution in [1.82, 2.24) is 0 Å². The molecule has 0 radical (unpaired) electrons. The van der Waals surface area contributed by atoms with Gasteiger partial charge >= 0.3 is 5.97 Å². The SMILES string of the molecule is CCOC(=O)C(O)Cc1cc(C=O)ccc1OCc1ccc(OC)cc1. The largest absolute Gasteiger partial charge is 0.497 e. The van der Waals surface area contributed by atoms with E-state index in [0.717, 1.165) is 11.3 Å². The van der Waals surface area contributed by atoms with Crippen molar-refractivity contribution in [2.24, 2.45) is 0 Å². The van der Waals surface area contributed by atoms with Gasteiger partial charge in [0.15, 0.2) is 6.10 Å². The molecule has 138 valence electrons. The lowest BCUT2D eigenvalue weighted by atomic mass is 10.0. The summed E-state index contributed by atoms with van der Waals surface area (Å²) in [7, 11) is 1.60. The first-order valence-corrected chi connectivity index (χ1v) is 8.26. The third kappa shape index (κ3) is 5.32. The molecule has 2 aromatic rings. The van der Waals surface area contributed by atoms with Gasteiger partial charge in [-0.05, 0) is 48.4 Å². The lowest BCUT2D eigenvalue weighted by Gasteiger charge is -2.15. The highest BCUT2D eigenvalue weighted by Crippen LogP contribution is 2.23. The molecule has 2 aromatic carbocycles. The lowest BCUT2D eigenvalue weighted by Crippen LogP contribution is -2.25. The fourth-order valence-electron chi connectivity index (χ4n) is 2.39. The molecule has 0 bridgehead atoms. The Balaban J connectivity index is 2.13. The van der Waals surface area contributed by atoms with Gasteiger partial charge < -0.3 is 19.3 Å². The summed E-state index contributed by atoms with van der Waals surface area (Å²) in [6, 6.07) is 12.3. The van der Waals surface area contributed by atoms with Crippen LogP contribution in [-0.4, -0.2) is 37.2 Å². The molecule has 0 saturated carbocycles. The molecule has 0 spiro atoms. The number of carbonyl (C=O) groups is 2. The Bertz CT molecular complexity index is 738. The maximum atomic E-state index is 11.7. The predicted octanol–water partition coefficient (Wildman–Crippen LogP) is 2.55. The van der Waals surface area contributed by atoms with E-state index in [1.165, 1.54) is 0 Å². The van der Waals surface area contributed by atoms with E-state index < -0.39 is 12.1 Å². The van der Waals surface area contributed by atoms with E-state index in [4.69, 9.17) is 14.2 Å². The Morgan fingerprint density at radius 2 is 1.92 bits per heavy atom. The van der Waals surface area contributed by atoms with E-state index in [1.54, 1.807) is 32.2 Å². The van der Waals surface area contributed by atoms with Gasteiger partial charge in [-0.15, -0.1) is 0 Å². The summed E-state index contributed by atoms with van der Waals surface area (Å²) in [5.41, 5.74) is 1.93. The summed E-state index contributed by atoms with van der Waals surface area (Å²) in [5.74, 6) is 0.544. The van der Waals surface area contributed by atoms with Crippen LogP contribution in [-0.2, 0) is 22.6 Å². The highest BCUT2D eigenvalue weighted by molar-refractivity contribution is 5.77. The third-order valence-corrected chi connectivity index (χ3v) is 3.75. The molecule has 0 aliphatic heterocycles. The number of hydrogen-bond acceptors (Lipinski definition) is 6. The minimum atomic E-state index is -1.32. The normalized spacial score (nSPS) is 11.5. The Morgan fingerprint density at radius 1 is 1.19 bits per heavy atom. The molecular formula is C20H22O6. The number of ether oxygens (including phenoxy) is 3. The van der Waals surface area contributed by atoms with Gasteiger partial charge in [-0.25, -0.2) is 4.79 Å². The van der Waals surface area contributed by atoms with E-state index in [0.29, 0.717) is 29.8 Å². The second kappa shape index (κ2) is 9.58. The summed E-state index contributed by atoms with van der Waals surface area (Å²) in [6.45, 7) is 2.15. The highest BCUT2D eigenvalue weighted by Gasteiger charge is 2.19. The summed E-state index contributed by atoms with van der Waals surface area (Å²) >= 11 is 0. The first-order chi connectivity index (χ1) is 12.6. The molecule has 6 heteroatoms. The molecule has 0 heterocycles. The van der Waals surface area contributed by atoms with Crippen LogP contribution < -0.4 is 9.47 Å². The smallest absolute Gasteiger partial charge is 0.335 e.